The Balaban J connectivity index is 1.60. The predicted octanol–water partition coefficient (Wildman–Crippen LogP) is 3.10. The zero-order chi connectivity index (χ0) is 17.8. The van der Waals surface area contributed by atoms with Crippen molar-refractivity contribution in [3.05, 3.63) is 70.8 Å². The van der Waals surface area contributed by atoms with Gasteiger partial charge in [0.15, 0.2) is 6.61 Å². The summed E-state index contributed by atoms with van der Waals surface area (Å²) in [5, 5.41) is 5.72. The maximum absolute atomic E-state index is 12.2. The Hall–Kier alpha value is -2.95. The Kier molecular flexibility index (Phi) is 4.93. The molecule has 2 aromatic carbocycles. The number of rotatable bonds is 4. The number of benzene rings is 2. The first-order valence-corrected chi connectivity index (χ1v) is 8.21. The molecule has 0 aromatic heterocycles. The zero-order valence-electron chi connectivity index (χ0n) is 14.4. The molecule has 0 radical (unpaired) electrons. The quantitative estimate of drug-likeness (QED) is 0.806. The van der Waals surface area contributed by atoms with Crippen LogP contribution in [-0.4, -0.2) is 35.7 Å². The minimum atomic E-state index is -0.494. The van der Waals surface area contributed by atoms with Crippen LogP contribution in [0.4, 0.5) is 0 Å². The number of ether oxygens (including phenoxy) is 1. The van der Waals surface area contributed by atoms with Gasteiger partial charge in [0.1, 0.15) is 0 Å². The molecule has 1 amide bonds. The second-order valence-corrected chi connectivity index (χ2v) is 6.13. The first-order chi connectivity index (χ1) is 12.0. The van der Waals surface area contributed by atoms with E-state index in [4.69, 9.17) is 4.74 Å². The number of hydrogen-bond acceptors (Lipinski definition) is 4. The van der Waals surface area contributed by atoms with Crippen LogP contribution < -0.4 is 0 Å². The monoisotopic (exact) mass is 336 g/mol. The molecule has 128 valence electrons. The van der Waals surface area contributed by atoms with Crippen LogP contribution in [0.2, 0.25) is 0 Å². The average Bonchev–Trinajstić information content (AvgIpc) is 3.09. The van der Waals surface area contributed by atoms with Crippen molar-refractivity contribution in [2.24, 2.45) is 5.10 Å². The number of aryl methyl sites for hydroxylation is 2. The van der Waals surface area contributed by atoms with Crippen molar-refractivity contribution in [2.45, 2.75) is 20.3 Å². The summed E-state index contributed by atoms with van der Waals surface area (Å²) in [7, 11) is 0. The van der Waals surface area contributed by atoms with Crippen LogP contribution in [0.25, 0.3) is 0 Å². The molecule has 5 heteroatoms. The van der Waals surface area contributed by atoms with E-state index in [2.05, 4.69) is 5.10 Å². The highest BCUT2D eigenvalue weighted by Gasteiger charge is 2.22. The van der Waals surface area contributed by atoms with Crippen molar-refractivity contribution in [3.63, 3.8) is 0 Å². The SMILES string of the molecule is Cc1cc(C)cc(C(=O)OCC(=O)N2CCC(c3ccccc3)=N2)c1. The third kappa shape index (κ3) is 4.12. The minimum absolute atomic E-state index is 0.308. The highest BCUT2D eigenvalue weighted by Crippen LogP contribution is 2.14. The third-order valence-electron chi connectivity index (χ3n) is 3.98. The molecule has 1 aliphatic heterocycles. The van der Waals surface area contributed by atoms with Crippen molar-refractivity contribution < 1.29 is 14.3 Å². The van der Waals surface area contributed by atoms with Gasteiger partial charge < -0.3 is 4.74 Å². The molecule has 0 unspecified atom stereocenters. The first-order valence-electron chi connectivity index (χ1n) is 8.21. The molecular weight excluding hydrogens is 316 g/mol. The van der Waals surface area contributed by atoms with Crippen molar-refractivity contribution in [1.82, 2.24) is 5.01 Å². The topological polar surface area (TPSA) is 59.0 Å². The minimum Gasteiger partial charge on any atom is -0.452 e. The summed E-state index contributed by atoms with van der Waals surface area (Å²) in [6, 6.07) is 15.2. The molecule has 0 saturated heterocycles. The number of carbonyl (C=O) groups excluding carboxylic acids is 2. The summed E-state index contributed by atoms with van der Waals surface area (Å²) in [5.41, 5.74) is 4.30. The Morgan fingerprint density at radius 1 is 1.08 bits per heavy atom. The number of hydrogen-bond donors (Lipinski definition) is 0. The standard InChI is InChI=1S/C20H20N2O3/c1-14-10-15(2)12-17(11-14)20(24)25-13-19(23)22-9-8-18(21-22)16-6-4-3-5-7-16/h3-7,10-12H,8-9,13H2,1-2H3. The van der Waals surface area contributed by atoms with E-state index in [9.17, 15) is 9.59 Å². The molecule has 3 rings (SSSR count). The second-order valence-electron chi connectivity index (χ2n) is 6.13. The highest BCUT2D eigenvalue weighted by atomic mass is 16.5. The Morgan fingerprint density at radius 2 is 1.76 bits per heavy atom. The van der Waals surface area contributed by atoms with E-state index in [1.54, 1.807) is 12.1 Å². The summed E-state index contributed by atoms with van der Waals surface area (Å²) in [6.07, 6.45) is 0.695. The van der Waals surface area contributed by atoms with Crippen molar-refractivity contribution in [1.29, 1.82) is 0 Å². The molecular formula is C20H20N2O3. The van der Waals surface area contributed by atoms with Crippen LogP contribution in [0.1, 0.15) is 33.5 Å². The van der Waals surface area contributed by atoms with Gasteiger partial charge in [0.05, 0.1) is 17.8 Å². The van der Waals surface area contributed by atoms with E-state index in [1.807, 2.05) is 50.2 Å². The van der Waals surface area contributed by atoms with Crippen molar-refractivity contribution in [3.8, 4) is 0 Å². The van der Waals surface area contributed by atoms with Crippen LogP contribution in [0, 0.1) is 13.8 Å². The molecule has 0 aliphatic carbocycles. The molecule has 0 spiro atoms. The maximum atomic E-state index is 12.2. The summed E-state index contributed by atoms with van der Waals surface area (Å²) in [5.74, 6) is -0.810. The lowest BCUT2D eigenvalue weighted by atomic mass is 10.1. The van der Waals surface area contributed by atoms with Gasteiger partial charge in [-0.1, -0.05) is 47.5 Å². The fourth-order valence-corrected chi connectivity index (χ4v) is 2.85. The van der Waals surface area contributed by atoms with E-state index in [0.29, 0.717) is 18.5 Å². The maximum Gasteiger partial charge on any atom is 0.338 e. The van der Waals surface area contributed by atoms with Gasteiger partial charge in [-0.25, -0.2) is 9.80 Å². The van der Waals surface area contributed by atoms with E-state index in [0.717, 1.165) is 22.4 Å². The summed E-state index contributed by atoms with van der Waals surface area (Å²) in [4.78, 5) is 24.4. The van der Waals surface area contributed by atoms with Gasteiger partial charge in [0.25, 0.3) is 5.91 Å². The summed E-state index contributed by atoms with van der Waals surface area (Å²) in [6.45, 7) is 4.03. The van der Waals surface area contributed by atoms with Crippen LogP contribution in [0.5, 0.6) is 0 Å². The van der Waals surface area contributed by atoms with Crippen LogP contribution in [0.3, 0.4) is 0 Å². The van der Waals surface area contributed by atoms with Gasteiger partial charge >= 0.3 is 5.97 Å². The molecule has 0 fully saturated rings. The largest absolute Gasteiger partial charge is 0.452 e. The molecule has 25 heavy (non-hydrogen) atoms. The highest BCUT2D eigenvalue weighted by molar-refractivity contribution is 6.02. The van der Waals surface area contributed by atoms with E-state index < -0.39 is 5.97 Å². The van der Waals surface area contributed by atoms with E-state index >= 15 is 0 Å². The summed E-state index contributed by atoms with van der Waals surface area (Å²) < 4.78 is 5.15. The van der Waals surface area contributed by atoms with Crippen LogP contribution in [-0.2, 0) is 9.53 Å². The van der Waals surface area contributed by atoms with Crippen molar-refractivity contribution in [2.75, 3.05) is 13.2 Å². The van der Waals surface area contributed by atoms with Crippen LogP contribution >= 0.6 is 0 Å². The number of hydrazone groups is 1. The molecule has 1 aliphatic rings. The third-order valence-corrected chi connectivity index (χ3v) is 3.98. The summed E-state index contributed by atoms with van der Waals surface area (Å²) >= 11 is 0. The number of amides is 1. The molecule has 0 saturated carbocycles. The predicted molar refractivity (Wildman–Crippen MR) is 95.5 cm³/mol. The number of carbonyl (C=O) groups is 2. The lowest BCUT2D eigenvalue weighted by molar-refractivity contribution is -0.134. The smallest absolute Gasteiger partial charge is 0.338 e. The van der Waals surface area contributed by atoms with Crippen LogP contribution in [0.15, 0.2) is 53.6 Å². The van der Waals surface area contributed by atoms with Gasteiger partial charge in [0.2, 0.25) is 0 Å². The fraction of sp³-hybridized carbons (Fsp3) is 0.250. The number of nitrogens with zero attached hydrogens (tertiary/aromatic N) is 2. The Labute approximate surface area is 146 Å². The Bertz CT molecular complexity index is 808. The van der Waals surface area contributed by atoms with E-state index in [1.165, 1.54) is 5.01 Å². The lowest BCUT2D eigenvalue weighted by Gasteiger charge is -2.12. The molecule has 5 nitrogen and oxygen atoms in total. The molecule has 1 heterocycles. The Morgan fingerprint density at radius 3 is 2.44 bits per heavy atom. The van der Waals surface area contributed by atoms with Gasteiger partial charge in [-0.05, 0) is 31.5 Å². The van der Waals surface area contributed by atoms with E-state index in [-0.39, 0.29) is 12.5 Å². The molecule has 2 aromatic rings. The first kappa shape index (κ1) is 16.9. The van der Waals surface area contributed by atoms with Gasteiger partial charge in [0, 0.05) is 6.42 Å². The second kappa shape index (κ2) is 7.30. The van der Waals surface area contributed by atoms with Gasteiger partial charge in [-0.2, -0.15) is 5.10 Å². The van der Waals surface area contributed by atoms with Gasteiger partial charge in [-0.15, -0.1) is 0 Å². The lowest BCUT2D eigenvalue weighted by Crippen LogP contribution is -2.28. The molecule has 0 N–H and O–H groups in total. The van der Waals surface area contributed by atoms with Crippen molar-refractivity contribution >= 4 is 17.6 Å². The normalized spacial score (nSPS) is 13.5. The van der Waals surface area contributed by atoms with Gasteiger partial charge in [-0.3, -0.25) is 4.79 Å². The fourth-order valence-electron chi connectivity index (χ4n) is 2.85. The molecule has 0 atom stereocenters. The zero-order valence-corrected chi connectivity index (χ0v) is 14.4. The molecule has 0 bridgehead atoms. The number of esters is 1. The average molecular weight is 336 g/mol.